The van der Waals surface area contributed by atoms with Gasteiger partial charge in [-0.1, -0.05) is 24.8 Å². The van der Waals surface area contributed by atoms with Crippen molar-refractivity contribution in [1.82, 2.24) is 0 Å². The zero-order valence-corrected chi connectivity index (χ0v) is 11.3. The molecular weight excluding hydrogens is 272 g/mol. The maximum Gasteiger partial charge on any atom is 0.267 e. The molecule has 2 N–H and O–H groups in total. The third kappa shape index (κ3) is 4.90. The van der Waals surface area contributed by atoms with Crippen molar-refractivity contribution in [3.8, 4) is 11.5 Å². The fourth-order valence-electron chi connectivity index (χ4n) is 1.48. The normalized spacial score (nSPS) is 12.8. The van der Waals surface area contributed by atoms with E-state index in [9.17, 15) is 13.5 Å². The van der Waals surface area contributed by atoms with Crippen LogP contribution in [-0.4, -0.2) is 43.7 Å². The molecule has 0 aliphatic heterocycles. The summed E-state index contributed by atoms with van der Waals surface area (Å²) in [4.78, 5) is 0. The second-order valence-electron chi connectivity index (χ2n) is 3.80. The molecule has 0 radical (unpaired) electrons. The molecular formula is C12H16O6S. The fraction of sp³-hybridized carbons (Fsp3) is 0.333. The predicted molar refractivity (Wildman–Crippen MR) is 71.0 cm³/mol. The number of methoxy groups -OCH3 is 1. The van der Waals surface area contributed by atoms with Crippen LogP contribution in [-0.2, 0) is 10.1 Å². The van der Waals surface area contributed by atoms with Gasteiger partial charge in [-0.3, -0.25) is 4.55 Å². The summed E-state index contributed by atoms with van der Waals surface area (Å²) >= 11 is 0. The summed E-state index contributed by atoms with van der Waals surface area (Å²) in [6.45, 7) is 3.33. The van der Waals surface area contributed by atoms with Crippen LogP contribution in [0.25, 0.3) is 6.08 Å². The lowest BCUT2D eigenvalue weighted by molar-refractivity contribution is 0.121. The smallest absolute Gasteiger partial charge is 0.267 e. The summed E-state index contributed by atoms with van der Waals surface area (Å²) in [5, 5.41) is 9.44. The first kappa shape index (κ1) is 15.5. The molecule has 6 nitrogen and oxygen atoms in total. The van der Waals surface area contributed by atoms with Gasteiger partial charge in [-0.15, -0.1) is 0 Å². The van der Waals surface area contributed by atoms with Crippen molar-refractivity contribution in [2.75, 3.05) is 19.5 Å². The SMILES string of the molecule is C=Cc1cccc(OC)c1OCC(O)CS(=O)(=O)O. The van der Waals surface area contributed by atoms with Crippen LogP contribution in [0.1, 0.15) is 5.56 Å². The lowest BCUT2D eigenvalue weighted by atomic mass is 10.2. The monoisotopic (exact) mass is 288 g/mol. The molecule has 1 aromatic carbocycles. The van der Waals surface area contributed by atoms with Gasteiger partial charge in [-0.05, 0) is 6.07 Å². The third-order valence-electron chi connectivity index (χ3n) is 2.27. The Bertz CT molecular complexity index is 537. The van der Waals surface area contributed by atoms with Gasteiger partial charge in [0.2, 0.25) is 0 Å². The first-order chi connectivity index (χ1) is 8.87. The Morgan fingerprint density at radius 2 is 2.16 bits per heavy atom. The average Bonchev–Trinajstić information content (AvgIpc) is 2.33. The number of ether oxygens (including phenoxy) is 2. The molecule has 0 bridgehead atoms. The minimum atomic E-state index is -4.24. The molecule has 0 amide bonds. The van der Waals surface area contributed by atoms with E-state index in [1.165, 1.54) is 7.11 Å². The first-order valence-electron chi connectivity index (χ1n) is 5.43. The highest BCUT2D eigenvalue weighted by molar-refractivity contribution is 7.85. The minimum absolute atomic E-state index is 0.291. The molecule has 0 aliphatic rings. The summed E-state index contributed by atoms with van der Waals surface area (Å²) in [6.07, 6.45) is 0.213. The van der Waals surface area contributed by atoms with Crippen molar-refractivity contribution < 1.29 is 27.6 Å². The number of aliphatic hydroxyl groups is 1. The van der Waals surface area contributed by atoms with E-state index < -0.39 is 22.0 Å². The molecule has 1 rings (SSSR count). The van der Waals surface area contributed by atoms with Gasteiger partial charge in [0.05, 0.1) is 7.11 Å². The molecule has 1 aromatic rings. The second-order valence-corrected chi connectivity index (χ2v) is 5.29. The van der Waals surface area contributed by atoms with Gasteiger partial charge in [0.25, 0.3) is 10.1 Å². The van der Waals surface area contributed by atoms with Gasteiger partial charge in [0, 0.05) is 5.56 Å². The van der Waals surface area contributed by atoms with E-state index in [2.05, 4.69) is 6.58 Å². The molecule has 106 valence electrons. The molecule has 7 heteroatoms. The van der Waals surface area contributed by atoms with Crippen LogP contribution in [0.4, 0.5) is 0 Å². The molecule has 0 fully saturated rings. The van der Waals surface area contributed by atoms with Crippen molar-refractivity contribution in [2.45, 2.75) is 6.10 Å². The third-order valence-corrected chi connectivity index (χ3v) is 3.08. The molecule has 0 aliphatic carbocycles. The van der Waals surface area contributed by atoms with Crippen LogP contribution in [0.2, 0.25) is 0 Å². The van der Waals surface area contributed by atoms with Crippen LogP contribution >= 0.6 is 0 Å². The van der Waals surface area contributed by atoms with E-state index in [4.69, 9.17) is 14.0 Å². The van der Waals surface area contributed by atoms with Crippen molar-refractivity contribution in [1.29, 1.82) is 0 Å². The number of hydrogen-bond donors (Lipinski definition) is 2. The quantitative estimate of drug-likeness (QED) is 0.726. The summed E-state index contributed by atoms with van der Waals surface area (Å²) < 4.78 is 40.2. The van der Waals surface area contributed by atoms with Crippen molar-refractivity contribution in [2.24, 2.45) is 0 Å². The maximum absolute atomic E-state index is 10.6. The number of hydrogen-bond acceptors (Lipinski definition) is 5. The topological polar surface area (TPSA) is 93.1 Å². The molecule has 1 atom stereocenters. The minimum Gasteiger partial charge on any atom is -0.493 e. The highest BCUT2D eigenvalue weighted by Gasteiger charge is 2.16. The molecule has 0 heterocycles. The van der Waals surface area contributed by atoms with Crippen molar-refractivity contribution in [3.63, 3.8) is 0 Å². The molecule has 19 heavy (non-hydrogen) atoms. The summed E-state index contributed by atoms with van der Waals surface area (Å²) in [6, 6.07) is 5.15. The van der Waals surface area contributed by atoms with Crippen molar-refractivity contribution in [3.05, 3.63) is 30.3 Å². The summed E-state index contributed by atoms with van der Waals surface area (Å²) in [5.41, 5.74) is 0.651. The average molecular weight is 288 g/mol. The summed E-state index contributed by atoms with van der Waals surface area (Å²) in [7, 11) is -2.78. The standard InChI is InChI=1S/C12H16O6S/c1-3-9-5-4-6-11(17-2)12(9)18-7-10(13)8-19(14,15)16/h3-6,10,13H,1,7-8H2,2H3,(H,14,15,16). The van der Waals surface area contributed by atoms with E-state index in [1.54, 1.807) is 24.3 Å². The fourth-order valence-corrected chi connectivity index (χ4v) is 2.06. The van der Waals surface area contributed by atoms with E-state index in [0.717, 1.165) is 0 Å². The molecule has 0 saturated carbocycles. The molecule has 0 saturated heterocycles. The van der Waals surface area contributed by atoms with Crippen LogP contribution in [0.5, 0.6) is 11.5 Å². The number of rotatable bonds is 7. The van der Waals surface area contributed by atoms with E-state index in [1.807, 2.05) is 0 Å². The number of benzene rings is 1. The molecule has 0 spiro atoms. The van der Waals surface area contributed by atoms with Gasteiger partial charge >= 0.3 is 0 Å². The Balaban J connectivity index is 2.79. The van der Waals surface area contributed by atoms with Gasteiger partial charge in [-0.25, -0.2) is 0 Å². The zero-order valence-electron chi connectivity index (χ0n) is 10.4. The molecule has 0 aromatic heterocycles. The van der Waals surface area contributed by atoms with Crippen LogP contribution in [0.3, 0.4) is 0 Å². The van der Waals surface area contributed by atoms with Gasteiger partial charge in [0.15, 0.2) is 11.5 Å². The first-order valence-corrected chi connectivity index (χ1v) is 7.03. The zero-order chi connectivity index (χ0) is 14.5. The Hall–Kier alpha value is -1.57. The lowest BCUT2D eigenvalue weighted by Crippen LogP contribution is -2.26. The highest BCUT2D eigenvalue weighted by atomic mass is 32.2. The van der Waals surface area contributed by atoms with Crippen molar-refractivity contribution >= 4 is 16.2 Å². The second kappa shape index (κ2) is 6.55. The number of aliphatic hydroxyl groups excluding tert-OH is 1. The number of para-hydroxylation sites is 1. The predicted octanol–water partition coefficient (Wildman–Crippen LogP) is 0.966. The lowest BCUT2D eigenvalue weighted by Gasteiger charge is -2.15. The van der Waals surface area contributed by atoms with Gasteiger partial charge in [0.1, 0.15) is 18.5 Å². The van der Waals surface area contributed by atoms with Crippen LogP contribution in [0.15, 0.2) is 24.8 Å². The van der Waals surface area contributed by atoms with Gasteiger partial charge < -0.3 is 14.6 Å². The van der Waals surface area contributed by atoms with Gasteiger partial charge in [-0.2, -0.15) is 8.42 Å². The van der Waals surface area contributed by atoms with Crippen LogP contribution in [0, 0.1) is 0 Å². The Morgan fingerprint density at radius 3 is 2.68 bits per heavy atom. The summed E-state index contributed by atoms with van der Waals surface area (Å²) in [5.74, 6) is 0.0109. The maximum atomic E-state index is 10.6. The Morgan fingerprint density at radius 1 is 1.47 bits per heavy atom. The largest absolute Gasteiger partial charge is 0.493 e. The van der Waals surface area contributed by atoms with Crippen LogP contribution < -0.4 is 9.47 Å². The van der Waals surface area contributed by atoms with E-state index in [0.29, 0.717) is 17.1 Å². The van der Waals surface area contributed by atoms with E-state index >= 15 is 0 Å². The Labute approximate surface area is 112 Å². The Kier molecular flexibility index (Phi) is 5.34. The van der Waals surface area contributed by atoms with E-state index in [-0.39, 0.29) is 6.61 Å². The highest BCUT2D eigenvalue weighted by Crippen LogP contribution is 2.31. The molecule has 1 unspecified atom stereocenters.